The summed E-state index contributed by atoms with van der Waals surface area (Å²) in [6.07, 6.45) is -2.69. The van der Waals surface area contributed by atoms with Crippen molar-refractivity contribution in [2.45, 2.75) is 83.4 Å². The third-order valence-corrected chi connectivity index (χ3v) is 9.85. The molecule has 1 aliphatic heterocycles. The van der Waals surface area contributed by atoms with Crippen molar-refractivity contribution in [3.8, 4) is 0 Å². The van der Waals surface area contributed by atoms with Gasteiger partial charge in [0.1, 0.15) is 23.9 Å². The van der Waals surface area contributed by atoms with Crippen LogP contribution in [0.1, 0.15) is 64.2 Å². The van der Waals surface area contributed by atoms with Gasteiger partial charge in [0.05, 0.1) is 18.1 Å². The van der Waals surface area contributed by atoms with Crippen LogP contribution in [-0.4, -0.2) is 71.8 Å². The lowest BCUT2D eigenvalue weighted by atomic mass is 9.45. The molecule has 3 aliphatic carbocycles. The lowest BCUT2D eigenvalue weighted by Gasteiger charge is -2.66. The Hall–Kier alpha value is -2.88. The monoisotopic (exact) mass is 540 g/mol. The highest BCUT2D eigenvalue weighted by atomic mass is 16.6. The molecule has 1 aromatic carbocycles. The highest BCUT2D eigenvalue weighted by Gasteiger charge is 2.76. The van der Waals surface area contributed by atoms with Crippen LogP contribution >= 0.6 is 0 Å². The number of ketones is 2. The molecule has 1 N–H and O–H groups in total. The van der Waals surface area contributed by atoms with Crippen molar-refractivity contribution >= 4 is 23.5 Å². The van der Waals surface area contributed by atoms with Crippen LogP contribution < -0.4 is 0 Å². The summed E-state index contributed by atoms with van der Waals surface area (Å²) >= 11 is 0. The number of carbonyl (C=O) groups is 4. The summed E-state index contributed by atoms with van der Waals surface area (Å²) in [4.78, 5) is 54.1. The van der Waals surface area contributed by atoms with Gasteiger partial charge in [-0.1, -0.05) is 39.0 Å². The number of fused-ring (bicyclic) bond motifs is 5. The van der Waals surface area contributed by atoms with Gasteiger partial charge in [0, 0.05) is 31.3 Å². The quantitative estimate of drug-likeness (QED) is 0.574. The molecule has 2 saturated carbocycles. The van der Waals surface area contributed by atoms with Gasteiger partial charge in [-0.15, -0.1) is 0 Å². The number of allylic oxidation sites excluding steroid dienone is 1. The Morgan fingerprint density at radius 3 is 2.33 bits per heavy atom. The Bertz CT molecular complexity index is 1270. The summed E-state index contributed by atoms with van der Waals surface area (Å²) in [7, 11) is 1.41. The molecule has 1 saturated heterocycles. The van der Waals surface area contributed by atoms with Crippen molar-refractivity contribution in [2.75, 3.05) is 13.7 Å². The van der Waals surface area contributed by atoms with Gasteiger partial charge < -0.3 is 24.1 Å². The average Bonchev–Trinajstić information content (AvgIpc) is 2.87. The van der Waals surface area contributed by atoms with E-state index in [9.17, 15) is 24.3 Å². The second-order valence-corrected chi connectivity index (χ2v) is 12.1. The fraction of sp³-hybridized carbons (Fsp3) is 0.600. The summed E-state index contributed by atoms with van der Waals surface area (Å²) in [5.41, 5.74) is -4.82. The van der Waals surface area contributed by atoms with Crippen LogP contribution in [-0.2, 0) is 33.3 Å². The molecular weight excluding hydrogens is 504 g/mol. The minimum atomic E-state index is -1.96. The van der Waals surface area contributed by atoms with Crippen LogP contribution in [0.5, 0.6) is 0 Å². The second kappa shape index (κ2) is 9.08. The standard InChI is InChI=1S/C30H36O9/c1-16-19(32)14-30(35)25(38-26(34)18-10-8-7-9-11-18)23-28(5,24(33)22(36-6)21(16)27(30,3)4)13-12-20-29(23,15-37-20)39-17(2)31/h7-11,20,22-23,25,35H,12-15H2,1-6H3/t20-,22-,23+,25+,28-,29+,30-/m1/s1. The predicted octanol–water partition coefficient (Wildman–Crippen LogP) is 2.97. The zero-order valence-electron chi connectivity index (χ0n) is 23.2. The molecule has 9 nitrogen and oxygen atoms in total. The summed E-state index contributed by atoms with van der Waals surface area (Å²) in [6.45, 7) is 8.11. The van der Waals surface area contributed by atoms with E-state index >= 15 is 0 Å². The van der Waals surface area contributed by atoms with E-state index in [0.29, 0.717) is 24.0 Å². The Labute approximate surface area is 227 Å². The van der Waals surface area contributed by atoms with E-state index in [1.54, 1.807) is 58.0 Å². The first-order valence-electron chi connectivity index (χ1n) is 13.4. The van der Waals surface area contributed by atoms with Crippen LogP contribution in [0.25, 0.3) is 0 Å². The van der Waals surface area contributed by atoms with Crippen LogP contribution in [0.2, 0.25) is 0 Å². The number of hydrogen-bond acceptors (Lipinski definition) is 9. The highest BCUT2D eigenvalue weighted by Crippen LogP contribution is 2.63. The van der Waals surface area contributed by atoms with E-state index in [0.717, 1.165) is 0 Å². The van der Waals surface area contributed by atoms with Gasteiger partial charge in [-0.25, -0.2) is 4.79 Å². The number of hydrogen-bond donors (Lipinski definition) is 1. The van der Waals surface area contributed by atoms with Gasteiger partial charge in [-0.3, -0.25) is 14.4 Å². The molecule has 0 unspecified atom stereocenters. The summed E-state index contributed by atoms with van der Waals surface area (Å²) in [5.74, 6) is -3.00. The molecule has 5 rings (SSSR count). The Kier molecular flexibility index (Phi) is 6.44. The summed E-state index contributed by atoms with van der Waals surface area (Å²) < 4.78 is 23.9. The fourth-order valence-electron chi connectivity index (χ4n) is 7.69. The zero-order valence-corrected chi connectivity index (χ0v) is 23.2. The van der Waals surface area contributed by atoms with E-state index in [2.05, 4.69) is 0 Å². The molecule has 4 aliphatic rings. The molecule has 2 bridgehead atoms. The van der Waals surface area contributed by atoms with Crippen LogP contribution in [0.3, 0.4) is 0 Å². The van der Waals surface area contributed by atoms with Crippen LogP contribution in [0.4, 0.5) is 0 Å². The maximum Gasteiger partial charge on any atom is 0.338 e. The summed E-state index contributed by atoms with van der Waals surface area (Å²) in [6, 6.07) is 8.32. The van der Waals surface area contributed by atoms with Crippen LogP contribution in [0, 0.1) is 16.7 Å². The first-order chi connectivity index (χ1) is 18.2. The number of esters is 2. The van der Waals surface area contributed by atoms with Crippen molar-refractivity contribution in [2.24, 2.45) is 16.7 Å². The van der Waals surface area contributed by atoms with E-state index in [4.69, 9.17) is 18.9 Å². The lowest BCUT2D eigenvalue weighted by Crippen LogP contribution is -2.79. The second-order valence-electron chi connectivity index (χ2n) is 12.1. The van der Waals surface area contributed by atoms with Crippen molar-refractivity contribution in [1.29, 1.82) is 0 Å². The maximum absolute atomic E-state index is 14.6. The third kappa shape index (κ3) is 3.69. The number of carbonyl (C=O) groups excluding carboxylic acids is 4. The van der Waals surface area contributed by atoms with Crippen molar-refractivity contribution in [3.63, 3.8) is 0 Å². The number of Topliss-reactive ketones (excluding diaryl/α,β-unsaturated/α-hetero) is 2. The first kappa shape index (κ1) is 27.7. The minimum Gasteiger partial charge on any atom is -0.455 e. The topological polar surface area (TPSA) is 125 Å². The molecule has 210 valence electrons. The molecule has 1 aromatic rings. The van der Waals surface area contributed by atoms with E-state index in [1.807, 2.05) is 0 Å². The minimum absolute atomic E-state index is 0.0337. The van der Waals surface area contributed by atoms with Crippen molar-refractivity contribution in [3.05, 3.63) is 47.0 Å². The summed E-state index contributed by atoms with van der Waals surface area (Å²) in [5, 5.41) is 12.7. The number of ether oxygens (including phenoxy) is 4. The smallest absolute Gasteiger partial charge is 0.338 e. The molecule has 3 fully saturated rings. The Balaban J connectivity index is 1.80. The zero-order chi connectivity index (χ0) is 28.5. The van der Waals surface area contributed by atoms with Gasteiger partial charge in [0.15, 0.2) is 17.2 Å². The van der Waals surface area contributed by atoms with Gasteiger partial charge in [0.25, 0.3) is 0 Å². The van der Waals surface area contributed by atoms with E-state index in [-0.39, 0.29) is 30.2 Å². The number of aliphatic hydroxyl groups is 1. The molecule has 0 radical (unpaired) electrons. The lowest BCUT2D eigenvalue weighted by molar-refractivity contribution is -0.330. The first-order valence-corrected chi connectivity index (χ1v) is 13.4. The predicted molar refractivity (Wildman–Crippen MR) is 138 cm³/mol. The van der Waals surface area contributed by atoms with Gasteiger partial charge in [-0.2, -0.15) is 0 Å². The molecule has 0 amide bonds. The van der Waals surface area contributed by atoms with Crippen LogP contribution in [0.15, 0.2) is 41.5 Å². The molecule has 0 aromatic heterocycles. The average molecular weight is 541 g/mol. The Morgan fingerprint density at radius 2 is 1.77 bits per heavy atom. The fourth-order valence-corrected chi connectivity index (χ4v) is 7.69. The number of benzene rings is 1. The Morgan fingerprint density at radius 1 is 1.10 bits per heavy atom. The highest BCUT2D eigenvalue weighted by molar-refractivity contribution is 6.02. The van der Waals surface area contributed by atoms with E-state index in [1.165, 1.54) is 14.0 Å². The molecule has 1 heterocycles. The number of methoxy groups -OCH3 is 1. The molecule has 9 heteroatoms. The SMILES string of the molecule is CO[C@H]1C(=O)[C@]2(C)CC[C@H]3OC[C@@]3(OC(C)=O)[C@H]2[C@H](OC(=O)c2ccccc2)[C@]2(O)CC(=O)C(C)=C1C2(C)C. The molecule has 0 spiro atoms. The molecule has 7 atom stereocenters. The van der Waals surface area contributed by atoms with Crippen molar-refractivity contribution in [1.82, 2.24) is 0 Å². The van der Waals surface area contributed by atoms with E-state index < -0.39 is 58.2 Å². The van der Waals surface area contributed by atoms with Crippen molar-refractivity contribution < 1.29 is 43.2 Å². The number of rotatable bonds is 4. The molecular formula is C30H36O9. The van der Waals surface area contributed by atoms with Gasteiger partial charge >= 0.3 is 11.9 Å². The normalized spacial score (nSPS) is 38.9. The third-order valence-electron chi connectivity index (χ3n) is 9.85. The molecule has 39 heavy (non-hydrogen) atoms. The van der Waals surface area contributed by atoms with Gasteiger partial charge in [0.2, 0.25) is 0 Å². The maximum atomic E-state index is 14.6. The largest absolute Gasteiger partial charge is 0.455 e. The van der Waals surface area contributed by atoms with Gasteiger partial charge in [-0.05, 0) is 43.0 Å².